The van der Waals surface area contributed by atoms with Gasteiger partial charge in [-0.1, -0.05) is 17.7 Å². The van der Waals surface area contributed by atoms with Crippen LogP contribution in [0.15, 0.2) is 36.4 Å². The smallest absolute Gasteiger partial charge is 0.256 e. The predicted molar refractivity (Wildman–Crippen MR) is 90.9 cm³/mol. The van der Waals surface area contributed by atoms with Crippen LogP contribution in [0.4, 0.5) is 11.6 Å². The highest BCUT2D eigenvalue weighted by Crippen LogP contribution is 2.14. The molecule has 0 atom stereocenters. The summed E-state index contributed by atoms with van der Waals surface area (Å²) in [5.74, 6) is 1.15. The summed E-state index contributed by atoms with van der Waals surface area (Å²) in [7, 11) is 2.12. The van der Waals surface area contributed by atoms with Gasteiger partial charge in [0.1, 0.15) is 0 Å². The number of anilines is 2. The molecule has 2 aromatic rings. The molecule has 1 amide bonds. The van der Waals surface area contributed by atoms with Crippen molar-refractivity contribution in [3.05, 3.63) is 47.5 Å². The molecule has 1 aliphatic rings. The van der Waals surface area contributed by atoms with E-state index in [0.29, 0.717) is 11.4 Å². The molecule has 23 heavy (non-hydrogen) atoms. The second-order valence-electron chi connectivity index (χ2n) is 5.89. The van der Waals surface area contributed by atoms with E-state index in [1.54, 1.807) is 12.1 Å². The minimum absolute atomic E-state index is 0.171. The van der Waals surface area contributed by atoms with Crippen LogP contribution in [-0.4, -0.2) is 54.2 Å². The first-order valence-corrected chi connectivity index (χ1v) is 7.77. The second-order valence-corrected chi connectivity index (χ2v) is 5.89. The maximum absolute atomic E-state index is 12.2. The van der Waals surface area contributed by atoms with Crippen LogP contribution in [0, 0.1) is 6.92 Å². The molecule has 6 heteroatoms. The van der Waals surface area contributed by atoms with Crippen molar-refractivity contribution in [1.29, 1.82) is 0 Å². The number of hydrogen-bond donors (Lipinski definition) is 1. The maximum atomic E-state index is 12.2. The van der Waals surface area contributed by atoms with Crippen LogP contribution < -0.4 is 10.2 Å². The Morgan fingerprint density at radius 3 is 2.52 bits per heavy atom. The van der Waals surface area contributed by atoms with E-state index in [0.717, 1.165) is 37.6 Å². The van der Waals surface area contributed by atoms with Crippen LogP contribution in [-0.2, 0) is 0 Å². The lowest BCUT2D eigenvalue weighted by atomic mass is 10.1. The minimum atomic E-state index is -0.171. The van der Waals surface area contributed by atoms with E-state index in [-0.39, 0.29) is 5.91 Å². The quantitative estimate of drug-likeness (QED) is 0.936. The van der Waals surface area contributed by atoms with Gasteiger partial charge >= 0.3 is 0 Å². The Morgan fingerprint density at radius 1 is 1.09 bits per heavy atom. The van der Waals surface area contributed by atoms with Gasteiger partial charge in [-0.25, -0.2) is 0 Å². The Balaban J connectivity index is 1.64. The molecule has 1 aromatic carbocycles. The molecule has 1 aliphatic heterocycles. The zero-order valence-corrected chi connectivity index (χ0v) is 13.5. The normalized spacial score (nSPS) is 15.5. The van der Waals surface area contributed by atoms with Crippen molar-refractivity contribution in [2.75, 3.05) is 43.4 Å². The number of rotatable bonds is 3. The van der Waals surface area contributed by atoms with Crippen molar-refractivity contribution in [1.82, 2.24) is 15.1 Å². The number of piperazine rings is 1. The molecule has 1 N–H and O–H groups in total. The zero-order chi connectivity index (χ0) is 16.2. The van der Waals surface area contributed by atoms with Crippen molar-refractivity contribution >= 4 is 17.5 Å². The Morgan fingerprint density at radius 2 is 1.87 bits per heavy atom. The van der Waals surface area contributed by atoms with Crippen LogP contribution in [0.25, 0.3) is 0 Å². The van der Waals surface area contributed by atoms with Crippen LogP contribution in [0.2, 0.25) is 0 Å². The zero-order valence-electron chi connectivity index (χ0n) is 13.5. The predicted octanol–water partition coefficient (Wildman–Crippen LogP) is 1.79. The molecule has 6 nitrogen and oxygen atoms in total. The third-order valence-electron chi connectivity index (χ3n) is 4.00. The summed E-state index contributed by atoms with van der Waals surface area (Å²) in [4.78, 5) is 16.7. The molecule has 0 spiro atoms. The van der Waals surface area contributed by atoms with E-state index in [1.165, 1.54) is 0 Å². The van der Waals surface area contributed by atoms with E-state index in [9.17, 15) is 4.79 Å². The van der Waals surface area contributed by atoms with Gasteiger partial charge in [-0.05, 0) is 38.2 Å². The van der Waals surface area contributed by atoms with Crippen molar-refractivity contribution < 1.29 is 4.79 Å². The molecule has 2 heterocycles. The summed E-state index contributed by atoms with van der Waals surface area (Å²) < 4.78 is 0. The molecule has 3 rings (SSSR count). The molecule has 0 unspecified atom stereocenters. The molecule has 0 aliphatic carbocycles. The van der Waals surface area contributed by atoms with Gasteiger partial charge in [0.15, 0.2) is 11.6 Å². The maximum Gasteiger partial charge on any atom is 0.256 e. The SMILES string of the molecule is Cc1cccc(C(=O)Nc2ccc(N3CCN(C)CC3)nn2)c1. The average molecular weight is 311 g/mol. The Hall–Kier alpha value is -2.47. The lowest BCUT2D eigenvalue weighted by molar-refractivity contribution is 0.102. The second kappa shape index (κ2) is 6.75. The monoisotopic (exact) mass is 311 g/mol. The number of benzene rings is 1. The average Bonchev–Trinajstić information content (AvgIpc) is 2.56. The molecule has 0 bridgehead atoms. The lowest BCUT2D eigenvalue weighted by Crippen LogP contribution is -2.44. The van der Waals surface area contributed by atoms with Crippen molar-refractivity contribution in [2.24, 2.45) is 0 Å². The van der Waals surface area contributed by atoms with Crippen molar-refractivity contribution in [2.45, 2.75) is 6.92 Å². The number of nitrogens with zero attached hydrogens (tertiary/aromatic N) is 4. The number of nitrogens with one attached hydrogen (secondary N) is 1. The van der Waals surface area contributed by atoms with E-state index < -0.39 is 0 Å². The van der Waals surface area contributed by atoms with Crippen molar-refractivity contribution in [3.8, 4) is 0 Å². The van der Waals surface area contributed by atoms with Crippen molar-refractivity contribution in [3.63, 3.8) is 0 Å². The number of carbonyl (C=O) groups excluding carboxylic acids is 1. The van der Waals surface area contributed by atoms with Gasteiger partial charge in [0, 0.05) is 31.7 Å². The van der Waals surface area contributed by atoms with Crippen LogP contribution >= 0.6 is 0 Å². The number of carbonyl (C=O) groups is 1. The van der Waals surface area contributed by atoms with Gasteiger partial charge in [-0.15, -0.1) is 10.2 Å². The highest BCUT2D eigenvalue weighted by Gasteiger charge is 2.16. The third-order valence-corrected chi connectivity index (χ3v) is 4.00. The number of amides is 1. The molecule has 0 saturated carbocycles. The Bertz CT molecular complexity index is 678. The van der Waals surface area contributed by atoms with Crippen LogP contribution in [0.1, 0.15) is 15.9 Å². The molecule has 120 valence electrons. The minimum Gasteiger partial charge on any atom is -0.353 e. The number of aromatic nitrogens is 2. The summed E-state index contributed by atoms with van der Waals surface area (Å²) in [6.07, 6.45) is 0. The molecule has 1 aromatic heterocycles. The fraction of sp³-hybridized carbons (Fsp3) is 0.353. The molecular weight excluding hydrogens is 290 g/mol. The molecule has 0 radical (unpaired) electrons. The lowest BCUT2D eigenvalue weighted by Gasteiger charge is -2.32. The highest BCUT2D eigenvalue weighted by atomic mass is 16.1. The summed E-state index contributed by atoms with van der Waals surface area (Å²) >= 11 is 0. The summed E-state index contributed by atoms with van der Waals surface area (Å²) in [5.41, 5.74) is 1.67. The van der Waals surface area contributed by atoms with Gasteiger partial charge in [-0.2, -0.15) is 0 Å². The summed E-state index contributed by atoms with van der Waals surface area (Å²) in [6.45, 7) is 5.89. The van der Waals surface area contributed by atoms with E-state index in [4.69, 9.17) is 0 Å². The van der Waals surface area contributed by atoms with E-state index >= 15 is 0 Å². The summed E-state index contributed by atoms with van der Waals surface area (Å²) in [6, 6.07) is 11.2. The van der Waals surface area contributed by atoms with Gasteiger partial charge in [0.05, 0.1) is 0 Å². The van der Waals surface area contributed by atoms with Crippen LogP contribution in [0.3, 0.4) is 0 Å². The Labute approximate surface area is 136 Å². The van der Waals surface area contributed by atoms with E-state index in [1.807, 2.05) is 31.2 Å². The first-order valence-electron chi connectivity index (χ1n) is 7.77. The molecular formula is C17H21N5O. The van der Waals surface area contributed by atoms with E-state index in [2.05, 4.69) is 32.4 Å². The number of hydrogen-bond acceptors (Lipinski definition) is 5. The van der Waals surface area contributed by atoms with Gasteiger partial charge < -0.3 is 15.1 Å². The van der Waals surface area contributed by atoms with Gasteiger partial charge in [0.25, 0.3) is 5.91 Å². The third kappa shape index (κ3) is 3.84. The standard InChI is InChI=1S/C17H21N5O/c1-13-4-3-5-14(12-13)17(23)18-15-6-7-16(20-19-15)22-10-8-21(2)9-11-22/h3-7,12H,8-11H2,1-2H3,(H,18,19,23). The number of aryl methyl sites for hydroxylation is 1. The van der Waals surface area contributed by atoms with Gasteiger partial charge in [0.2, 0.25) is 0 Å². The summed E-state index contributed by atoms with van der Waals surface area (Å²) in [5, 5.41) is 11.1. The first-order chi connectivity index (χ1) is 11.1. The highest BCUT2D eigenvalue weighted by molar-refractivity contribution is 6.03. The fourth-order valence-electron chi connectivity index (χ4n) is 2.57. The molecule has 1 fully saturated rings. The van der Waals surface area contributed by atoms with Crippen LogP contribution in [0.5, 0.6) is 0 Å². The largest absolute Gasteiger partial charge is 0.353 e. The Kier molecular flexibility index (Phi) is 4.52. The van der Waals surface area contributed by atoms with Gasteiger partial charge in [-0.3, -0.25) is 4.79 Å². The first kappa shape index (κ1) is 15.4. The molecule has 1 saturated heterocycles. The fourth-order valence-corrected chi connectivity index (χ4v) is 2.57. The topological polar surface area (TPSA) is 61.4 Å². The number of likely N-dealkylation sites (N-methyl/N-ethyl adjacent to an activating group) is 1.